The predicted molar refractivity (Wildman–Crippen MR) is 70.2 cm³/mol. The van der Waals surface area contributed by atoms with Crippen LogP contribution in [0.4, 0.5) is 11.8 Å². The molecule has 0 unspecified atom stereocenters. The van der Waals surface area contributed by atoms with Crippen molar-refractivity contribution in [3.05, 3.63) is 18.9 Å². The van der Waals surface area contributed by atoms with Gasteiger partial charge in [-0.1, -0.05) is 19.4 Å². The van der Waals surface area contributed by atoms with E-state index in [0.717, 1.165) is 25.8 Å². The number of ether oxygens (including phenoxy) is 1. The van der Waals surface area contributed by atoms with Gasteiger partial charge < -0.3 is 15.8 Å². The number of nitrogen functional groups attached to an aromatic ring is 1. The number of hydrogen-bond donors (Lipinski definition) is 2. The molecule has 3 N–H and O–H groups in total. The third-order valence-electron chi connectivity index (χ3n) is 2.18. The molecule has 0 bridgehead atoms. The molecule has 17 heavy (non-hydrogen) atoms. The van der Waals surface area contributed by atoms with Gasteiger partial charge in [0.15, 0.2) is 11.6 Å². The molecule has 0 radical (unpaired) electrons. The SMILES string of the molecule is C=CCCOc1cnc(N)nc1NCCCC. The highest BCUT2D eigenvalue weighted by Crippen LogP contribution is 2.21. The third kappa shape index (κ3) is 4.72. The second-order valence-corrected chi connectivity index (χ2v) is 3.65. The summed E-state index contributed by atoms with van der Waals surface area (Å²) < 4.78 is 5.55. The first kappa shape index (κ1) is 13.3. The number of hydrogen-bond acceptors (Lipinski definition) is 5. The van der Waals surface area contributed by atoms with Crippen LogP contribution in [-0.2, 0) is 0 Å². The molecular formula is C12H20N4O. The van der Waals surface area contributed by atoms with Crippen molar-refractivity contribution in [3.8, 4) is 5.75 Å². The molecular weight excluding hydrogens is 216 g/mol. The van der Waals surface area contributed by atoms with E-state index < -0.39 is 0 Å². The Hall–Kier alpha value is -1.78. The molecule has 0 saturated heterocycles. The molecule has 0 amide bonds. The summed E-state index contributed by atoms with van der Waals surface area (Å²) in [5.74, 6) is 1.55. The molecule has 0 saturated carbocycles. The quantitative estimate of drug-likeness (QED) is 0.535. The maximum atomic E-state index is 5.55. The molecule has 1 heterocycles. The Morgan fingerprint density at radius 3 is 3.12 bits per heavy atom. The van der Waals surface area contributed by atoms with E-state index in [1.54, 1.807) is 6.20 Å². The zero-order valence-corrected chi connectivity index (χ0v) is 10.3. The molecule has 94 valence electrons. The molecule has 1 aromatic heterocycles. The molecule has 0 fully saturated rings. The van der Waals surface area contributed by atoms with Gasteiger partial charge >= 0.3 is 0 Å². The van der Waals surface area contributed by atoms with Gasteiger partial charge in [-0.2, -0.15) is 4.98 Å². The summed E-state index contributed by atoms with van der Waals surface area (Å²) in [7, 11) is 0. The maximum Gasteiger partial charge on any atom is 0.222 e. The van der Waals surface area contributed by atoms with Gasteiger partial charge in [-0.05, 0) is 12.8 Å². The topological polar surface area (TPSA) is 73.1 Å². The lowest BCUT2D eigenvalue weighted by molar-refractivity contribution is 0.324. The molecule has 0 spiro atoms. The van der Waals surface area contributed by atoms with Gasteiger partial charge in [0.25, 0.3) is 0 Å². The van der Waals surface area contributed by atoms with Crippen molar-refractivity contribution in [1.82, 2.24) is 9.97 Å². The summed E-state index contributed by atoms with van der Waals surface area (Å²) >= 11 is 0. The highest BCUT2D eigenvalue weighted by molar-refractivity contribution is 5.51. The van der Waals surface area contributed by atoms with Crippen molar-refractivity contribution < 1.29 is 4.74 Å². The number of nitrogens with one attached hydrogen (secondary N) is 1. The van der Waals surface area contributed by atoms with Crippen LogP contribution in [0, 0.1) is 0 Å². The minimum absolute atomic E-state index is 0.250. The summed E-state index contributed by atoms with van der Waals surface area (Å²) in [6.07, 6.45) is 6.40. The molecule has 0 aromatic carbocycles. The van der Waals surface area contributed by atoms with Crippen molar-refractivity contribution in [2.75, 3.05) is 24.2 Å². The molecule has 0 atom stereocenters. The van der Waals surface area contributed by atoms with E-state index in [-0.39, 0.29) is 5.95 Å². The fraction of sp³-hybridized carbons (Fsp3) is 0.500. The van der Waals surface area contributed by atoms with Crippen LogP contribution < -0.4 is 15.8 Å². The lowest BCUT2D eigenvalue weighted by atomic mass is 10.3. The Bertz CT molecular complexity index is 354. The molecule has 0 aliphatic heterocycles. The van der Waals surface area contributed by atoms with Crippen LogP contribution in [0.1, 0.15) is 26.2 Å². The van der Waals surface area contributed by atoms with Crippen LogP contribution in [0.2, 0.25) is 0 Å². The Labute approximate surface area is 102 Å². The molecule has 0 aliphatic rings. The zero-order chi connectivity index (χ0) is 12.5. The first-order valence-corrected chi connectivity index (χ1v) is 5.88. The summed E-state index contributed by atoms with van der Waals surface area (Å²) in [5.41, 5.74) is 5.55. The van der Waals surface area contributed by atoms with E-state index in [4.69, 9.17) is 10.5 Å². The van der Waals surface area contributed by atoms with Gasteiger partial charge in [0.05, 0.1) is 12.8 Å². The number of nitrogens with zero attached hydrogens (tertiary/aromatic N) is 2. The van der Waals surface area contributed by atoms with Crippen LogP contribution >= 0.6 is 0 Å². The number of nitrogens with two attached hydrogens (primary N) is 1. The number of unbranched alkanes of at least 4 members (excludes halogenated alkanes) is 1. The Morgan fingerprint density at radius 2 is 2.41 bits per heavy atom. The largest absolute Gasteiger partial charge is 0.488 e. The highest BCUT2D eigenvalue weighted by Gasteiger charge is 2.06. The summed E-state index contributed by atoms with van der Waals surface area (Å²) in [5, 5.41) is 3.20. The van der Waals surface area contributed by atoms with Crippen molar-refractivity contribution in [3.63, 3.8) is 0 Å². The summed E-state index contributed by atoms with van der Waals surface area (Å²) in [6.45, 7) is 7.20. The molecule has 5 nitrogen and oxygen atoms in total. The van der Waals surface area contributed by atoms with Crippen molar-refractivity contribution in [1.29, 1.82) is 0 Å². The Morgan fingerprint density at radius 1 is 1.59 bits per heavy atom. The predicted octanol–water partition coefficient (Wildman–Crippen LogP) is 2.23. The minimum Gasteiger partial charge on any atom is -0.488 e. The number of aromatic nitrogens is 2. The van der Waals surface area contributed by atoms with Crippen LogP contribution in [0.5, 0.6) is 5.75 Å². The van der Waals surface area contributed by atoms with Crippen molar-refractivity contribution in [2.45, 2.75) is 26.2 Å². The average Bonchev–Trinajstić information content (AvgIpc) is 2.32. The Balaban J connectivity index is 2.62. The second kappa shape index (κ2) is 7.49. The first-order valence-electron chi connectivity index (χ1n) is 5.88. The van der Waals surface area contributed by atoms with Crippen LogP contribution in [0.25, 0.3) is 0 Å². The number of anilines is 2. The summed E-state index contributed by atoms with van der Waals surface area (Å²) in [6, 6.07) is 0. The number of rotatable bonds is 8. The van der Waals surface area contributed by atoms with E-state index in [0.29, 0.717) is 18.2 Å². The maximum absolute atomic E-state index is 5.55. The van der Waals surface area contributed by atoms with Crippen LogP contribution in [-0.4, -0.2) is 23.1 Å². The molecule has 1 rings (SSSR count). The van der Waals surface area contributed by atoms with E-state index in [9.17, 15) is 0 Å². The lowest BCUT2D eigenvalue weighted by Gasteiger charge is -2.11. The van der Waals surface area contributed by atoms with Gasteiger partial charge in [-0.3, -0.25) is 0 Å². The van der Waals surface area contributed by atoms with Crippen LogP contribution in [0.15, 0.2) is 18.9 Å². The van der Waals surface area contributed by atoms with Crippen molar-refractivity contribution in [2.24, 2.45) is 0 Å². The highest BCUT2D eigenvalue weighted by atomic mass is 16.5. The van der Waals surface area contributed by atoms with Gasteiger partial charge in [0, 0.05) is 6.54 Å². The normalized spacial score (nSPS) is 9.94. The lowest BCUT2D eigenvalue weighted by Crippen LogP contribution is -2.08. The fourth-order valence-corrected chi connectivity index (χ4v) is 1.25. The molecule has 1 aromatic rings. The van der Waals surface area contributed by atoms with Gasteiger partial charge in [-0.25, -0.2) is 4.98 Å². The van der Waals surface area contributed by atoms with E-state index in [1.165, 1.54) is 0 Å². The minimum atomic E-state index is 0.250. The van der Waals surface area contributed by atoms with E-state index in [2.05, 4.69) is 28.8 Å². The van der Waals surface area contributed by atoms with E-state index in [1.807, 2.05) is 6.08 Å². The summed E-state index contributed by atoms with van der Waals surface area (Å²) in [4.78, 5) is 8.05. The standard InChI is InChI=1S/C12H20N4O/c1-3-5-7-14-11-10(17-8-6-4-2)9-15-12(13)16-11/h4,9H,2-3,5-8H2,1H3,(H3,13,14,15,16). The molecule has 0 aliphatic carbocycles. The second-order valence-electron chi connectivity index (χ2n) is 3.65. The average molecular weight is 236 g/mol. The van der Waals surface area contributed by atoms with Gasteiger partial charge in [-0.15, -0.1) is 6.58 Å². The van der Waals surface area contributed by atoms with E-state index >= 15 is 0 Å². The van der Waals surface area contributed by atoms with Gasteiger partial charge in [0.2, 0.25) is 5.95 Å². The fourth-order valence-electron chi connectivity index (χ4n) is 1.25. The van der Waals surface area contributed by atoms with Gasteiger partial charge in [0.1, 0.15) is 0 Å². The third-order valence-corrected chi connectivity index (χ3v) is 2.18. The Kier molecular flexibility index (Phi) is 5.85. The van der Waals surface area contributed by atoms with Crippen LogP contribution in [0.3, 0.4) is 0 Å². The first-order chi connectivity index (χ1) is 8.27. The monoisotopic (exact) mass is 236 g/mol. The molecule has 5 heteroatoms. The smallest absolute Gasteiger partial charge is 0.222 e. The zero-order valence-electron chi connectivity index (χ0n) is 10.3. The van der Waals surface area contributed by atoms with Crippen molar-refractivity contribution >= 4 is 11.8 Å².